The Bertz CT molecular complexity index is 4930. The molecule has 12 rings (SSSR count). The van der Waals surface area contributed by atoms with Crippen molar-refractivity contribution in [2.75, 3.05) is 0 Å². The number of rotatable bonds is 7. The summed E-state index contributed by atoms with van der Waals surface area (Å²) in [5.41, 5.74) is 7.38. The SMILES string of the molecule is [C-]#[N+]c1cc(C#N)cc(-c2ccc3c4ccc(-c5cc(C#N)cc([N+]#[C-])c5)cc4n(-c4cc(-c5ccccc5C(F)(F)F)c(-n5c6cc(-c7cc(C#N)cc([N+]#[C-])c7)ccc6c6ccc(-c7cc(C#N)cc([N+]#[C-])c7)cc65)cc4C#N)c3c2)c1. The molecule has 0 saturated carbocycles. The first-order chi connectivity index (χ1) is 40.8. The van der Waals surface area contributed by atoms with Crippen molar-refractivity contribution in [2.24, 2.45) is 0 Å². The number of nitrogens with zero attached hydrogens (tertiary/aromatic N) is 11. The molecule has 0 aliphatic carbocycles. The zero-order chi connectivity index (χ0) is 58.6. The molecule has 0 amide bonds. The van der Waals surface area contributed by atoms with Gasteiger partial charge in [0.05, 0.1) is 95.1 Å². The van der Waals surface area contributed by atoms with Crippen molar-refractivity contribution in [3.63, 3.8) is 0 Å². The Morgan fingerprint density at radius 2 is 0.667 bits per heavy atom. The molecule has 0 N–H and O–H groups in total. The van der Waals surface area contributed by atoms with Crippen molar-refractivity contribution < 1.29 is 13.2 Å². The van der Waals surface area contributed by atoms with Crippen molar-refractivity contribution in [1.82, 2.24) is 9.13 Å². The molecule has 0 saturated heterocycles. The average Bonchev–Trinajstić information content (AvgIpc) is 2.04. The van der Waals surface area contributed by atoms with E-state index in [1.54, 1.807) is 69.8 Å². The van der Waals surface area contributed by atoms with E-state index in [4.69, 9.17) is 26.3 Å². The quantitative estimate of drug-likeness (QED) is 0.146. The predicted octanol–water partition coefficient (Wildman–Crippen LogP) is 18.8. The van der Waals surface area contributed by atoms with Gasteiger partial charge in [-0.25, -0.2) is 19.4 Å². The van der Waals surface area contributed by atoms with Gasteiger partial charge in [0, 0.05) is 49.4 Å². The maximum absolute atomic E-state index is 15.8. The van der Waals surface area contributed by atoms with Crippen LogP contribution in [0.5, 0.6) is 0 Å². The van der Waals surface area contributed by atoms with E-state index in [0.717, 1.165) is 6.07 Å². The van der Waals surface area contributed by atoms with Crippen LogP contribution in [0.1, 0.15) is 33.4 Å². The van der Waals surface area contributed by atoms with Crippen LogP contribution >= 0.6 is 0 Å². The largest absolute Gasteiger partial charge is 0.417 e. The van der Waals surface area contributed by atoms with Gasteiger partial charge in [0.15, 0.2) is 22.7 Å². The van der Waals surface area contributed by atoms with Gasteiger partial charge < -0.3 is 9.13 Å². The molecule has 0 unspecified atom stereocenters. The van der Waals surface area contributed by atoms with Crippen LogP contribution in [0.15, 0.2) is 182 Å². The molecule has 12 aromatic rings. The smallest absolute Gasteiger partial charge is 0.309 e. The molecule has 11 nitrogen and oxygen atoms in total. The molecular formula is C70H30F3N11. The van der Waals surface area contributed by atoms with Gasteiger partial charge in [-0.05, 0) is 165 Å². The second-order valence-electron chi connectivity index (χ2n) is 19.6. The molecule has 0 fully saturated rings. The molecule has 14 heteroatoms. The van der Waals surface area contributed by atoms with Crippen molar-refractivity contribution in [3.05, 3.63) is 261 Å². The second kappa shape index (κ2) is 20.3. The molecule has 0 aliphatic heterocycles. The van der Waals surface area contributed by atoms with Gasteiger partial charge in [0.1, 0.15) is 6.07 Å². The highest BCUT2D eigenvalue weighted by molar-refractivity contribution is 6.13. The molecule has 0 bridgehead atoms. The molecule has 386 valence electrons. The Kier molecular flexibility index (Phi) is 12.5. The van der Waals surface area contributed by atoms with Crippen LogP contribution < -0.4 is 0 Å². The zero-order valence-electron chi connectivity index (χ0n) is 43.4. The maximum Gasteiger partial charge on any atom is 0.417 e. The maximum atomic E-state index is 15.8. The van der Waals surface area contributed by atoms with Crippen molar-refractivity contribution in [2.45, 2.75) is 6.18 Å². The molecule has 0 radical (unpaired) electrons. The average molecular weight is 1080 g/mol. The van der Waals surface area contributed by atoms with Crippen molar-refractivity contribution >= 4 is 66.4 Å². The molecule has 0 atom stereocenters. The van der Waals surface area contributed by atoms with E-state index in [1.165, 1.54) is 42.5 Å². The van der Waals surface area contributed by atoms with Gasteiger partial charge >= 0.3 is 6.18 Å². The first kappa shape index (κ1) is 51.7. The number of alkyl halides is 3. The number of hydrogen-bond acceptors (Lipinski definition) is 5. The van der Waals surface area contributed by atoms with Gasteiger partial charge in [0.2, 0.25) is 0 Å². The van der Waals surface area contributed by atoms with Gasteiger partial charge in [-0.3, -0.25) is 0 Å². The number of benzene rings is 10. The molecule has 0 aliphatic rings. The number of nitriles is 5. The van der Waals surface area contributed by atoms with Crippen LogP contribution in [0.25, 0.3) is 130 Å². The first-order valence-electron chi connectivity index (χ1n) is 25.4. The van der Waals surface area contributed by atoms with Crippen LogP contribution in [-0.2, 0) is 6.18 Å². The lowest BCUT2D eigenvalue weighted by Gasteiger charge is -2.21. The molecular weight excluding hydrogens is 1050 g/mol. The molecule has 84 heavy (non-hydrogen) atoms. The van der Waals surface area contributed by atoms with Crippen LogP contribution in [0, 0.1) is 82.9 Å². The fourth-order valence-corrected chi connectivity index (χ4v) is 11.1. The van der Waals surface area contributed by atoms with Crippen LogP contribution in [0.4, 0.5) is 35.9 Å². The summed E-state index contributed by atoms with van der Waals surface area (Å²) in [4.78, 5) is 14.4. The Morgan fingerprint density at radius 1 is 0.333 bits per heavy atom. The van der Waals surface area contributed by atoms with E-state index in [-0.39, 0.29) is 73.1 Å². The summed E-state index contributed by atoms with van der Waals surface area (Å²) in [6.45, 7) is 31.3. The predicted molar refractivity (Wildman–Crippen MR) is 316 cm³/mol. The topological polar surface area (TPSA) is 146 Å². The minimum atomic E-state index is -4.90. The molecule has 0 spiro atoms. The first-order valence-corrected chi connectivity index (χ1v) is 25.4. The minimum Gasteiger partial charge on any atom is -0.309 e. The number of hydrogen-bond donors (Lipinski definition) is 0. The monoisotopic (exact) mass is 1080 g/mol. The summed E-state index contributed by atoms with van der Waals surface area (Å²) < 4.78 is 50.9. The molecule has 2 heterocycles. The van der Waals surface area contributed by atoms with E-state index in [2.05, 4.69) is 49.7 Å². The summed E-state index contributed by atoms with van der Waals surface area (Å²) in [6, 6.07) is 60.3. The van der Waals surface area contributed by atoms with Crippen molar-refractivity contribution in [3.8, 4) is 97.4 Å². The summed E-state index contributed by atoms with van der Waals surface area (Å²) in [5.74, 6) is 0. The normalized spacial score (nSPS) is 10.9. The Labute approximate surface area is 477 Å². The third-order valence-electron chi connectivity index (χ3n) is 14.8. The Morgan fingerprint density at radius 3 is 0.976 bits per heavy atom. The third-order valence-corrected chi connectivity index (χ3v) is 14.8. The number of aromatic nitrogens is 2. The summed E-state index contributed by atoms with van der Waals surface area (Å²) in [7, 11) is 0. The van der Waals surface area contributed by atoms with Crippen molar-refractivity contribution in [1.29, 1.82) is 26.3 Å². The van der Waals surface area contributed by atoms with E-state index in [0.29, 0.717) is 88.1 Å². The van der Waals surface area contributed by atoms with Gasteiger partial charge in [-0.2, -0.15) is 39.5 Å². The minimum absolute atomic E-state index is 0.0190. The van der Waals surface area contributed by atoms with Crippen LogP contribution in [0.3, 0.4) is 0 Å². The van der Waals surface area contributed by atoms with Gasteiger partial charge in [-0.1, -0.05) is 66.7 Å². The highest BCUT2D eigenvalue weighted by Gasteiger charge is 2.35. The van der Waals surface area contributed by atoms with Gasteiger partial charge in [0.25, 0.3) is 0 Å². The lowest BCUT2D eigenvalue weighted by molar-refractivity contribution is -0.137. The van der Waals surface area contributed by atoms with E-state index in [9.17, 15) is 26.3 Å². The summed E-state index contributed by atoms with van der Waals surface area (Å²) in [5, 5.41) is 54.4. The molecule has 2 aromatic heterocycles. The zero-order valence-corrected chi connectivity index (χ0v) is 43.4. The van der Waals surface area contributed by atoms with E-state index >= 15 is 13.2 Å². The van der Waals surface area contributed by atoms with Gasteiger partial charge in [-0.15, -0.1) is 0 Å². The lowest BCUT2D eigenvalue weighted by Crippen LogP contribution is -2.09. The highest BCUT2D eigenvalue weighted by Crippen LogP contribution is 2.47. The third kappa shape index (κ3) is 8.84. The second-order valence-corrected chi connectivity index (χ2v) is 19.6. The summed E-state index contributed by atoms with van der Waals surface area (Å²) >= 11 is 0. The highest BCUT2D eigenvalue weighted by atomic mass is 19.4. The number of fused-ring (bicyclic) bond motifs is 6. The lowest BCUT2D eigenvalue weighted by atomic mass is 9.94. The van der Waals surface area contributed by atoms with E-state index in [1.807, 2.05) is 72.8 Å². The van der Waals surface area contributed by atoms with Crippen LogP contribution in [-0.4, -0.2) is 9.13 Å². The summed E-state index contributed by atoms with van der Waals surface area (Å²) in [6.07, 6.45) is -4.90. The standard InChI is InChI=1S/C70H30F3N11/c1-79-53-21-40(35-74)17-48(25-53)44-9-13-58-59-14-10-45(49-18-41(36-75)22-54(26-49)80-2)30-66(59)83(65(58)29-44)64-34-62(57-7-5-6-8-63(57)70(71,72)73)69(33-52(64)39-78)84-67-31-46(50-19-42(37-76)23-55(27-50)81-3)11-15-60(67)61-16-12-47(32-68(61)84)51-20-43(38-77)24-56(28-51)82-4/h5-34H. The van der Waals surface area contributed by atoms with E-state index < -0.39 is 11.7 Å². The number of halogens is 3. The Balaban J connectivity index is 1.24. The fraction of sp³-hybridized carbons (Fsp3) is 0.0143. The van der Waals surface area contributed by atoms with Crippen LogP contribution in [0.2, 0.25) is 0 Å². The fourth-order valence-electron chi connectivity index (χ4n) is 11.1. The Hall–Kier alpha value is -13.0. The molecule has 10 aromatic carbocycles.